The van der Waals surface area contributed by atoms with E-state index in [1.807, 2.05) is 0 Å². The Hall–Kier alpha value is -0.160. The molecule has 0 spiro atoms. The van der Waals surface area contributed by atoms with Crippen LogP contribution in [0.2, 0.25) is 0 Å². The molecule has 0 aromatic heterocycles. The maximum atomic E-state index is 5.57. The lowest BCUT2D eigenvalue weighted by Crippen LogP contribution is -2.48. The highest BCUT2D eigenvalue weighted by atomic mass is 16.5. The van der Waals surface area contributed by atoms with Crippen LogP contribution in [0.3, 0.4) is 0 Å². The molecule has 1 N–H and O–H groups in total. The van der Waals surface area contributed by atoms with E-state index in [9.17, 15) is 0 Å². The molecule has 0 aromatic rings. The molecule has 0 atom stereocenters. The van der Waals surface area contributed by atoms with Crippen molar-refractivity contribution in [1.29, 1.82) is 0 Å². The highest BCUT2D eigenvalue weighted by molar-refractivity contribution is 4.87. The van der Waals surface area contributed by atoms with Crippen LogP contribution in [0.1, 0.15) is 40.0 Å². The van der Waals surface area contributed by atoms with E-state index in [4.69, 9.17) is 9.47 Å². The summed E-state index contributed by atoms with van der Waals surface area (Å²) in [5, 5.41) is 3.63. The zero-order valence-electron chi connectivity index (χ0n) is 13.7. The number of hydrogen-bond acceptors (Lipinski definition) is 4. The van der Waals surface area contributed by atoms with Crippen molar-refractivity contribution in [3.8, 4) is 0 Å². The van der Waals surface area contributed by atoms with E-state index in [-0.39, 0.29) is 0 Å². The van der Waals surface area contributed by atoms with Gasteiger partial charge < -0.3 is 19.7 Å². The van der Waals surface area contributed by atoms with E-state index >= 15 is 0 Å². The Morgan fingerprint density at radius 1 is 1.20 bits per heavy atom. The average molecular weight is 286 g/mol. The van der Waals surface area contributed by atoms with E-state index in [0.29, 0.717) is 5.41 Å². The first kappa shape index (κ1) is 17.9. The average Bonchev–Trinajstić information content (AvgIpc) is 2.48. The van der Waals surface area contributed by atoms with Gasteiger partial charge in [-0.05, 0) is 44.7 Å². The van der Waals surface area contributed by atoms with Crippen molar-refractivity contribution in [3.63, 3.8) is 0 Å². The summed E-state index contributed by atoms with van der Waals surface area (Å²) in [6.07, 6.45) is 3.55. The second-order valence-electron chi connectivity index (χ2n) is 5.85. The Bertz CT molecular complexity index is 231. The molecule has 1 saturated heterocycles. The Kier molecular flexibility index (Phi) is 9.44. The molecule has 0 saturated carbocycles. The summed E-state index contributed by atoms with van der Waals surface area (Å²) in [5.74, 6) is 0. The summed E-state index contributed by atoms with van der Waals surface area (Å²) in [6.45, 7) is 15.6. The standard InChI is InChI=1S/C16H34N2O2/c1-4-9-17-14-16(7-11-20-12-8-16)15-18(5-2)10-13-19-6-3/h17H,4-15H2,1-3H3. The van der Waals surface area contributed by atoms with Crippen LogP contribution in [0.5, 0.6) is 0 Å². The molecule has 1 heterocycles. The molecule has 120 valence electrons. The molecule has 4 nitrogen and oxygen atoms in total. The first-order valence-electron chi connectivity index (χ1n) is 8.35. The minimum absolute atomic E-state index is 0.385. The normalized spacial score (nSPS) is 18.6. The lowest BCUT2D eigenvalue weighted by molar-refractivity contribution is -0.00777. The summed E-state index contributed by atoms with van der Waals surface area (Å²) in [7, 11) is 0. The number of nitrogens with zero attached hydrogens (tertiary/aromatic N) is 1. The summed E-state index contributed by atoms with van der Waals surface area (Å²) in [5.41, 5.74) is 0.385. The van der Waals surface area contributed by atoms with E-state index in [1.54, 1.807) is 0 Å². The van der Waals surface area contributed by atoms with Crippen LogP contribution in [0.15, 0.2) is 0 Å². The third-order valence-corrected chi connectivity index (χ3v) is 4.24. The van der Waals surface area contributed by atoms with Crippen LogP contribution in [0.4, 0.5) is 0 Å². The van der Waals surface area contributed by atoms with Crippen LogP contribution in [0, 0.1) is 5.41 Å². The van der Waals surface area contributed by atoms with Gasteiger partial charge in [0.25, 0.3) is 0 Å². The summed E-state index contributed by atoms with van der Waals surface area (Å²) < 4.78 is 11.1. The van der Waals surface area contributed by atoms with E-state index in [1.165, 1.54) is 19.3 Å². The van der Waals surface area contributed by atoms with Gasteiger partial charge in [-0.25, -0.2) is 0 Å². The van der Waals surface area contributed by atoms with Gasteiger partial charge in [0, 0.05) is 39.5 Å². The Morgan fingerprint density at radius 2 is 1.95 bits per heavy atom. The fourth-order valence-corrected chi connectivity index (χ4v) is 2.89. The Labute approximate surface area is 125 Å². The molecule has 0 amide bonds. The minimum Gasteiger partial charge on any atom is -0.381 e. The van der Waals surface area contributed by atoms with Crippen LogP contribution in [-0.4, -0.2) is 64.1 Å². The van der Waals surface area contributed by atoms with Gasteiger partial charge >= 0.3 is 0 Å². The van der Waals surface area contributed by atoms with Crippen molar-refractivity contribution in [2.24, 2.45) is 5.41 Å². The topological polar surface area (TPSA) is 33.7 Å². The largest absolute Gasteiger partial charge is 0.381 e. The number of likely N-dealkylation sites (N-methyl/N-ethyl adjacent to an activating group) is 1. The molecule has 0 unspecified atom stereocenters. The predicted molar refractivity (Wildman–Crippen MR) is 84.3 cm³/mol. The lowest BCUT2D eigenvalue weighted by atomic mass is 9.79. The van der Waals surface area contributed by atoms with Crippen LogP contribution < -0.4 is 5.32 Å². The van der Waals surface area contributed by atoms with Crippen molar-refractivity contribution in [3.05, 3.63) is 0 Å². The maximum absolute atomic E-state index is 5.57. The first-order valence-corrected chi connectivity index (χ1v) is 8.35. The van der Waals surface area contributed by atoms with E-state index < -0.39 is 0 Å². The highest BCUT2D eigenvalue weighted by Gasteiger charge is 2.33. The monoisotopic (exact) mass is 286 g/mol. The molecule has 0 aliphatic carbocycles. The molecule has 1 rings (SSSR count). The van der Waals surface area contributed by atoms with Crippen molar-refractivity contribution < 1.29 is 9.47 Å². The number of nitrogens with one attached hydrogen (secondary N) is 1. The maximum Gasteiger partial charge on any atom is 0.0593 e. The molecule has 0 radical (unpaired) electrons. The molecule has 0 aromatic carbocycles. The smallest absolute Gasteiger partial charge is 0.0593 e. The molecule has 1 fully saturated rings. The number of rotatable bonds is 11. The van der Waals surface area contributed by atoms with E-state index in [0.717, 1.165) is 59.2 Å². The summed E-state index contributed by atoms with van der Waals surface area (Å²) in [4.78, 5) is 2.54. The fraction of sp³-hybridized carbons (Fsp3) is 1.00. The number of hydrogen-bond donors (Lipinski definition) is 1. The molecular formula is C16H34N2O2. The quantitative estimate of drug-likeness (QED) is 0.590. The molecule has 4 heteroatoms. The van der Waals surface area contributed by atoms with Gasteiger partial charge in [-0.15, -0.1) is 0 Å². The second-order valence-corrected chi connectivity index (χ2v) is 5.85. The predicted octanol–water partition coefficient (Wildman–Crippen LogP) is 2.14. The van der Waals surface area contributed by atoms with Gasteiger partial charge in [-0.3, -0.25) is 0 Å². The summed E-state index contributed by atoms with van der Waals surface area (Å²) in [6, 6.07) is 0. The van der Waals surface area contributed by atoms with Gasteiger partial charge in [-0.2, -0.15) is 0 Å². The fourth-order valence-electron chi connectivity index (χ4n) is 2.89. The first-order chi connectivity index (χ1) is 9.76. The van der Waals surface area contributed by atoms with Gasteiger partial charge in [-0.1, -0.05) is 13.8 Å². The van der Waals surface area contributed by atoms with Crippen LogP contribution in [-0.2, 0) is 9.47 Å². The van der Waals surface area contributed by atoms with Crippen molar-refractivity contribution >= 4 is 0 Å². The van der Waals surface area contributed by atoms with Crippen molar-refractivity contribution in [2.45, 2.75) is 40.0 Å². The van der Waals surface area contributed by atoms with Crippen LogP contribution >= 0.6 is 0 Å². The number of ether oxygens (including phenoxy) is 2. The van der Waals surface area contributed by atoms with Gasteiger partial charge in [0.2, 0.25) is 0 Å². The molecular weight excluding hydrogens is 252 g/mol. The van der Waals surface area contributed by atoms with Gasteiger partial charge in [0.15, 0.2) is 0 Å². The third-order valence-electron chi connectivity index (χ3n) is 4.24. The van der Waals surface area contributed by atoms with Crippen molar-refractivity contribution in [1.82, 2.24) is 10.2 Å². The molecule has 1 aliphatic rings. The zero-order valence-corrected chi connectivity index (χ0v) is 13.7. The van der Waals surface area contributed by atoms with Crippen molar-refractivity contribution in [2.75, 3.05) is 59.2 Å². The Morgan fingerprint density at radius 3 is 2.55 bits per heavy atom. The van der Waals surface area contributed by atoms with E-state index in [2.05, 4.69) is 31.0 Å². The third kappa shape index (κ3) is 6.53. The zero-order chi connectivity index (χ0) is 14.7. The molecule has 20 heavy (non-hydrogen) atoms. The van der Waals surface area contributed by atoms with Gasteiger partial charge in [0.1, 0.15) is 0 Å². The Balaban J connectivity index is 2.47. The van der Waals surface area contributed by atoms with Crippen LogP contribution in [0.25, 0.3) is 0 Å². The highest BCUT2D eigenvalue weighted by Crippen LogP contribution is 2.31. The second kappa shape index (κ2) is 10.6. The SMILES string of the molecule is CCCNCC1(CN(CC)CCOCC)CCOCC1. The molecule has 0 bridgehead atoms. The molecule has 1 aliphatic heterocycles. The minimum atomic E-state index is 0.385. The lowest BCUT2D eigenvalue weighted by Gasteiger charge is -2.41. The van der Waals surface area contributed by atoms with Gasteiger partial charge in [0.05, 0.1) is 6.61 Å². The summed E-state index contributed by atoms with van der Waals surface area (Å²) >= 11 is 0.